The summed E-state index contributed by atoms with van der Waals surface area (Å²) < 4.78 is 15.4. The topological polar surface area (TPSA) is 89.8 Å². The second-order valence-corrected chi connectivity index (χ2v) is 13.9. The summed E-state index contributed by atoms with van der Waals surface area (Å²) in [6, 6.07) is 35.5. The molecule has 0 spiro atoms. The Bertz CT molecular complexity index is 2620. The van der Waals surface area contributed by atoms with Gasteiger partial charge >= 0.3 is 0 Å². The predicted octanol–water partition coefficient (Wildman–Crippen LogP) is 6.55. The molecule has 0 aliphatic carbocycles. The molecule has 0 saturated heterocycles. The van der Waals surface area contributed by atoms with Crippen LogP contribution in [0.3, 0.4) is 0 Å². The van der Waals surface area contributed by atoms with Gasteiger partial charge in [-0.3, -0.25) is 10.1 Å². The van der Waals surface area contributed by atoms with E-state index in [0.29, 0.717) is 0 Å². The van der Waals surface area contributed by atoms with Gasteiger partial charge in [-0.15, -0.1) is 22.7 Å². The van der Waals surface area contributed by atoms with Crippen LogP contribution < -0.4 is 27.6 Å². The molecule has 2 aliphatic rings. The van der Waals surface area contributed by atoms with Gasteiger partial charge < -0.3 is 14.5 Å². The minimum Gasteiger partial charge on any atom is -0.497 e. The van der Waals surface area contributed by atoms with Crippen molar-refractivity contribution in [1.29, 1.82) is 0 Å². The van der Waals surface area contributed by atoms with E-state index in [1.54, 1.807) is 49.0 Å². The van der Waals surface area contributed by atoms with Crippen LogP contribution in [0.25, 0.3) is 28.9 Å². The molecule has 0 amide bonds. The Balaban J connectivity index is 1.43. The fourth-order valence-electron chi connectivity index (χ4n) is 6.20. The number of nitrogens with zero attached hydrogens (tertiary/aromatic N) is 2. The van der Waals surface area contributed by atoms with Crippen molar-refractivity contribution < 1.29 is 14.4 Å². The van der Waals surface area contributed by atoms with Crippen LogP contribution in [0.4, 0.5) is 5.69 Å². The third-order valence-electron chi connectivity index (χ3n) is 8.66. The Labute approximate surface area is 295 Å². The van der Waals surface area contributed by atoms with Gasteiger partial charge in [-0.1, -0.05) is 24.3 Å². The molecule has 50 heavy (non-hydrogen) atoms. The SMILES string of the molecule is COc1ccc(/C2=c3\cc/c(s3)=C/C=c3/cc/c(s3)=C(\c3ccc(OC)cc3)c3ccc([nH]3)/C(c3ccc([N+](=O)[O-])cc3)=C3/C=CC2=N3)cc1. The van der Waals surface area contributed by atoms with Crippen LogP contribution in [0, 0.1) is 10.1 Å². The van der Waals surface area contributed by atoms with Gasteiger partial charge in [-0.05, 0) is 114 Å². The summed E-state index contributed by atoms with van der Waals surface area (Å²) in [7, 11) is 3.33. The first-order chi connectivity index (χ1) is 24.5. The minimum absolute atomic E-state index is 0.0304. The van der Waals surface area contributed by atoms with Gasteiger partial charge in [0.05, 0.1) is 30.6 Å². The molecule has 2 aliphatic heterocycles. The normalized spacial score (nSPS) is 18.7. The van der Waals surface area contributed by atoms with Crippen LogP contribution in [0.2, 0.25) is 0 Å². The van der Waals surface area contributed by atoms with Crippen molar-refractivity contribution in [1.82, 2.24) is 4.98 Å². The van der Waals surface area contributed by atoms with E-state index in [2.05, 4.69) is 77.8 Å². The standard InChI is InChI=1S/C41H29N3O4S2/c1-47-29-11-5-26(6-12-29)40-35-21-19-33(42-35)39(25-3-9-28(10-4-25)44(45)46)34-20-22-36(43-34)41(27-7-13-30(48-2)14-8-27)38-24-18-32(50-38)16-15-31-17-23-37(40)49-31/h3-24,42H,1-2H3/b16-15?,31-15-,32-16-,39-33?,39-34-,40-35?,40-37-,41-36?,41-38-. The van der Waals surface area contributed by atoms with E-state index in [4.69, 9.17) is 14.5 Å². The highest BCUT2D eigenvalue weighted by atomic mass is 32.1. The third-order valence-corrected chi connectivity index (χ3v) is 10.8. The molecule has 244 valence electrons. The number of aliphatic imine (C=N–C) groups is 1. The number of allylic oxidation sites excluding steroid dienone is 2. The van der Waals surface area contributed by atoms with E-state index >= 15 is 0 Å². The first-order valence-corrected chi connectivity index (χ1v) is 17.5. The molecule has 0 unspecified atom stereocenters. The summed E-state index contributed by atoms with van der Waals surface area (Å²) in [5.41, 5.74) is 9.16. The Morgan fingerprint density at radius 1 is 0.600 bits per heavy atom. The molecular formula is C41H29N3O4S2. The van der Waals surface area contributed by atoms with E-state index in [-0.39, 0.29) is 10.6 Å². The number of H-pyrrole nitrogens is 1. The zero-order valence-corrected chi connectivity index (χ0v) is 28.7. The van der Waals surface area contributed by atoms with E-state index in [0.717, 1.165) is 85.8 Å². The number of hydrogen-bond donors (Lipinski definition) is 1. The Morgan fingerprint density at radius 3 is 1.66 bits per heavy atom. The Morgan fingerprint density at radius 2 is 1.10 bits per heavy atom. The van der Waals surface area contributed by atoms with Crippen LogP contribution in [0.1, 0.15) is 28.1 Å². The van der Waals surface area contributed by atoms with Crippen molar-refractivity contribution in [2.24, 2.45) is 4.99 Å². The lowest BCUT2D eigenvalue weighted by atomic mass is 10.0. The second kappa shape index (κ2) is 13.1. The molecule has 0 radical (unpaired) electrons. The van der Waals surface area contributed by atoms with Gasteiger partial charge in [-0.2, -0.15) is 0 Å². The summed E-state index contributed by atoms with van der Waals surface area (Å²) in [6.07, 6.45) is 8.40. The zero-order valence-electron chi connectivity index (χ0n) is 27.0. The monoisotopic (exact) mass is 691 g/mol. The molecular weight excluding hydrogens is 663 g/mol. The number of fused-ring (bicyclic) bond motifs is 7. The summed E-state index contributed by atoms with van der Waals surface area (Å²) in [6.45, 7) is 0. The van der Waals surface area contributed by atoms with Crippen molar-refractivity contribution in [2.45, 2.75) is 0 Å². The summed E-state index contributed by atoms with van der Waals surface area (Å²) in [5.74, 6) is 1.57. The molecule has 0 saturated carbocycles. The van der Waals surface area contributed by atoms with E-state index in [9.17, 15) is 10.1 Å². The number of hydrogen-bond acceptors (Lipinski definition) is 7. The first kappa shape index (κ1) is 31.3. The van der Waals surface area contributed by atoms with Crippen molar-refractivity contribution >= 4 is 62.9 Å². The molecule has 9 heteroatoms. The predicted molar refractivity (Wildman–Crippen MR) is 203 cm³/mol. The fraction of sp³-hybridized carbons (Fsp3) is 0.0488. The Kier molecular flexibility index (Phi) is 8.20. The number of methoxy groups -OCH3 is 2. The van der Waals surface area contributed by atoms with Crippen molar-refractivity contribution in [3.05, 3.63) is 183 Å². The number of rotatable bonds is 6. The maximum atomic E-state index is 11.6. The van der Waals surface area contributed by atoms with Gasteiger partial charge in [-0.25, -0.2) is 4.99 Å². The average Bonchev–Trinajstić information content (AvgIpc) is 3.98. The van der Waals surface area contributed by atoms with Crippen LogP contribution in [0.15, 0.2) is 132 Å². The van der Waals surface area contributed by atoms with Crippen LogP contribution in [0.5, 0.6) is 11.5 Å². The first-order valence-electron chi connectivity index (χ1n) is 15.8. The lowest BCUT2D eigenvalue weighted by molar-refractivity contribution is -0.384. The number of nitro groups is 1. The number of nitrogens with one attached hydrogen (secondary N) is 1. The van der Waals surface area contributed by atoms with Crippen LogP contribution >= 0.6 is 22.7 Å². The van der Waals surface area contributed by atoms with Crippen molar-refractivity contribution in [2.75, 3.05) is 14.2 Å². The van der Waals surface area contributed by atoms with E-state index in [1.807, 2.05) is 36.4 Å². The maximum absolute atomic E-state index is 11.6. The highest BCUT2D eigenvalue weighted by Gasteiger charge is 2.21. The zero-order chi connectivity index (χ0) is 34.2. The smallest absolute Gasteiger partial charge is 0.269 e. The molecule has 5 heterocycles. The average molecular weight is 692 g/mol. The molecule has 7 nitrogen and oxygen atoms in total. The summed E-state index contributed by atoms with van der Waals surface area (Å²) >= 11 is 3.44. The number of aromatic nitrogens is 1. The molecule has 0 fully saturated rings. The van der Waals surface area contributed by atoms with E-state index < -0.39 is 0 Å². The lowest BCUT2D eigenvalue weighted by Gasteiger charge is -2.11. The summed E-state index contributed by atoms with van der Waals surface area (Å²) in [5, 5.41) is 11.6. The molecule has 8 rings (SSSR count). The number of aromatic amines is 1. The van der Waals surface area contributed by atoms with Gasteiger partial charge in [0.1, 0.15) is 11.5 Å². The van der Waals surface area contributed by atoms with Crippen LogP contribution in [-0.4, -0.2) is 29.8 Å². The van der Waals surface area contributed by atoms with Gasteiger partial charge in [0, 0.05) is 58.4 Å². The third kappa shape index (κ3) is 5.93. The number of benzene rings is 3. The minimum atomic E-state index is -0.382. The van der Waals surface area contributed by atoms with E-state index in [1.165, 1.54) is 12.1 Å². The largest absolute Gasteiger partial charge is 0.497 e. The highest BCUT2D eigenvalue weighted by Crippen LogP contribution is 2.34. The second-order valence-electron chi connectivity index (χ2n) is 11.6. The highest BCUT2D eigenvalue weighted by molar-refractivity contribution is 7.08. The quantitative estimate of drug-likeness (QED) is 0.159. The molecule has 0 atom stereocenters. The summed E-state index contributed by atoms with van der Waals surface area (Å²) in [4.78, 5) is 20.2. The lowest BCUT2D eigenvalue weighted by Crippen LogP contribution is -2.09. The molecule has 3 aromatic heterocycles. The molecule has 1 N–H and O–H groups in total. The van der Waals surface area contributed by atoms with Gasteiger partial charge in [0.15, 0.2) is 0 Å². The number of nitro benzene ring substituents is 1. The molecule has 6 aromatic rings. The molecule has 3 aromatic carbocycles. The number of ether oxygens (including phenoxy) is 2. The fourth-order valence-corrected chi connectivity index (χ4v) is 8.18. The number of thiophene rings is 2. The van der Waals surface area contributed by atoms with Crippen LogP contribution in [-0.2, 0) is 0 Å². The Hall–Kier alpha value is -6.03. The van der Waals surface area contributed by atoms with Crippen molar-refractivity contribution in [3.8, 4) is 11.5 Å². The number of non-ortho nitro benzene ring substituents is 1. The van der Waals surface area contributed by atoms with Gasteiger partial charge in [0.25, 0.3) is 5.69 Å². The molecule has 8 bridgehead atoms. The van der Waals surface area contributed by atoms with Gasteiger partial charge in [0.2, 0.25) is 0 Å². The maximum Gasteiger partial charge on any atom is 0.269 e. The van der Waals surface area contributed by atoms with Crippen molar-refractivity contribution in [3.63, 3.8) is 0 Å².